The predicted octanol–water partition coefficient (Wildman–Crippen LogP) is 4.21. The predicted molar refractivity (Wildman–Crippen MR) is 105 cm³/mol. The number of nitrogens with one attached hydrogen (secondary N) is 1. The third-order valence-corrected chi connectivity index (χ3v) is 5.61. The van der Waals surface area contributed by atoms with Crippen LogP contribution in [0.2, 0.25) is 0 Å². The molecule has 0 saturated carbocycles. The van der Waals surface area contributed by atoms with Crippen molar-refractivity contribution in [2.24, 2.45) is 5.10 Å². The van der Waals surface area contributed by atoms with Gasteiger partial charge in [0.25, 0.3) is 0 Å². The van der Waals surface area contributed by atoms with Gasteiger partial charge in [-0.05, 0) is 63.8 Å². The zero-order valence-electron chi connectivity index (χ0n) is 14.7. The molecule has 0 aliphatic heterocycles. The van der Waals surface area contributed by atoms with E-state index in [1.54, 1.807) is 11.3 Å². The Morgan fingerprint density at radius 2 is 1.96 bits per heavy atom. The second-order valence-electron chi connectivity index (χ2n) is 6.00. The summed E-state index contributed by atoms with van der Waals surface area (Å²) in [5.74, 6) is 0. The van der Waals surface area contributed by atoms with E-state index in [1.165, 1.54) is 23.4 Å². The summed E-state index contributed by atoms with van der Waals surface area (Å²) < 4.78 is 0. The number of hydrogen-bond acceptors (Lipinski definition) is 6. The number of fused-ring (bicyclic) bond motifs is 1. The molecule has 1 aromatic heterocycles. The number of nitrogens with zero attached hydrogens (tertiary/aromatic N) is 4. The monoisotopic (exact) mass is 353 g/mol. The van der Waals surface area contributed by atoms with Crippen LogP contribution in [-0.4, -0.2) is 23.8 Å². The van der Waals surface area contributed by atoms with Gasteiger partial charge in [-0.25, -0.2) is 4.98 Å². The molecule has 0 fully saturated rings. The lowest BCUT2D eigenvalue weighted by Crippen LogP contribution is -2.21. The van der Waals surface area contributed by atoms with Crippen molar-refractivity contribution in [2.75, 3.05) is 23.4 Å². The molecule has 130 valence electrons. The molecule has 0 atom stereocenters. The SMILES string of the molecule is CCN(CC)c1ccc(NN=C(C#N)c2nc3c(s2)CCCC3)cc1. The molecule has 1 aliphatic rings. The highest BCUT2D eigenvalue weighted by molar-refractivity contribution is 7.14. The van der Waals surface area contributed by atoms with Gasteiger partial charge in [-0.3, -0.25) is 5.43 Å². The molecular formula is C19H23N5S. The maximum Gasteiger partial charge on any atom is 0.196 e. The Labute approximate surface area is 153 Å². The van der Waals surface area contributed by atoms with E-state index in [4.69, 9.17) is 0 Å². The summed E-state index contributed by atoms with van der Waals surface area (Å²) in [4.78, 5) is 8.21. The maximum atomic E-state index is 9.44. The number of aromatic nitrogens is 1. The topological polar surface area (TPSA) is 64.3 Å². The largest absolute Gasteiger partial charge is 0.372 e. The lowest BCUT2D eigenvalue weighted by molar-refractivity contribution is 0.682. The maximum absolute atomic E-state index is 9.44. The Bertz CT molecular complexity index is 758. The van der Waals surface area contributed by atoms with Crippen molar-refractivity contribution >= 4 is 28.4 Å². The quantitative estimate of drug-likeness (QED) is 0.624. The fourth-order valence-corrected chi connectivity index (χ4v) is 4.12. The summed E-state index contributed by atoms with van der Waals surface area (Å²) >= 11 is 1.60. The van der Waals surface area contributed by atoms with Crippen LogP contribution in [0.15, 0.2) is 29.4 Å². The van der Waals surface area contributed by atoms with Crippen LogP contribution in [0.4, 0.5) is 11.4 Å². The van der Waals surface area contributed by atoms with Gasteiger partial charge in [-0.2, -0.15) is 10.4 Å². The molecule has 25 heavy (non-hydrogen) atoms. The summed E-state index contributed by atoms with van der Waals surface area (Å²) in [5, 5.41) is 14.4. The highest BCUT2D eigenvalue weighted by Gasteiger charge is 2.18. The minimum absolute atomic E-state index is 0.354. The molecule has 1 N–H and O–H groups in total. The van der Waals surface area contributed by atoms with E-state index >= 15 is 0 Å². The van der Waals surface area contributed by atoms with Gasteiger partial charge in [-0.15, -0.1) is 11.3 Å². The molecule has 6 heteroatoms. The fraction of sp³-hybridized carbons (Fsp3) is 0.421. The number of benzene rings is 1. The van der Waals surface area contributed by atoms with Crippen LogP contribution in [0.3, 0.4) is 0 Å². The molecule has 0 bridgehead atoms. The molecule has 0 amide bonds. The van der Waals surface area contributed by atoms with Crippen molar-refractivity contribution in [1.82, 2.24) is 4.98 Å². The van der Waals surface area contributed by atoms with Gasteiger partial charge in [-0.1, -0.05) is 0 Å². The van der Waals surface area contributed by atoms with Gasteiger partial charge in [0.15, 0.2) is 10.7 Å². The van der Waals surface area contributed by atoms with E-state index in [2.05, 4.69) is 52.5 Å². The van der Waals surface area contributed by atoms with Gasteiger partial charge in [0.2, 0.25) is 0 Å². The van der Waals surface area contributed by atoms with Crippen molar-refractivity contribution in [2.45, 2.75) is 39.5 Å². The molecule has 0 spiro atoms. The van der Waals surface area contributed by atoms with Crippen molar-refractivity contribution in [3.63, 3.8) is 0 Å². The molecule has 0 saturated heterocycles. The third kappa shape index (κ3) is 3.99. The first-order chi connectivity index (χ1) is 12.2. The molecule has 3 rings (SSSR count). The summed E-state index contributed by atoms with van der Waals surface area (Å²) in [7, 11) is 0. The van der Waals surface area contributed by atoms with E-state index in [-0.39, 0.29) is 0 Å². The van der Waals surface area contributed by atoms with E-state index in [1.807, 2.05) is 12.1 Å². The van der Waals surface area contributed by atoms with Gasteiger partial charge in [0.05, 0.1) is 11.4 Å². The van der Waals surface area contributed by atoms with Crippen LogP contribution in [-0.2, 0) is 12.8 Å². The van der Waals surface area contributed by atoms with E-state index in [0.29, 0.717) is 5.71 Å². The normalized spacial score (nSPS) is 13.9. The second-order valence-corrected chi connectivity index (χ2v) is 7.08. The number of hydrazone groups is 1. The van der Waals surface area contributed by atoms with Crippen LogP contribution >= 0.6 is 11.3 Å². The number of aryl methyl sites for hydroxylation is 2. The summed E-state index contributed by atoms with van der Waals surface area (Å²) in [6.07, 6.45) is 4.49. The molecule has 5 nitrogen and oxygen atoms in total. The van der Waals surface area contributed by atoms with E-state index in [0.717, 1.165) is 42.3 Å². The molecule has 1 heterocycles. The standard InChI is InChI=1S/C19H23N5S/c1-3-24(4-2)15-11-9-14(10-12-15)22-23-17(13-20)19-21-16-7-5-6-8-18(16)25-19/h9-12,22H,3-8H2,1-2H3. The van der Waals surface area contributed by atoms with Crippen molar-refractivity contribution < 1.29 is 0 Å². The lowest BCUT2D eigenvalue weighted by Gasteiger charge is -2.21. The minimum atomic E-state index is 0.354. The van der Waals surface area contributed by atoms with Crippen LogP contribution < -0.4 is 10.3 Å². The minimum Gasteiger partial charge on any atom is -0.372 e. The number of anilines is 2. The zero-order chi connectivity index (χ0) is 17.6. The number of hydrogen-bond donors (Lipinski definition) is 1. The smallest absolute Gasteiger partial charge is 0.196 e. The molecule has 1 aliphatic carbocycles. The van der Waals surface area contributed by atoms with Gasteiger partial charge in [0.1, 0.15) is 6.07 Å². The first kappa shape index (κ1) is 17.4. The third-order valence-electron chi connectivity index (χ3n) is 4.45. The van der Waals surface area contributed by atoms with Crippen molar-refractivity contribution in [1.29, 1.82) is 5.26 Å². The fourth-order valence-electron chi connectivity index (χ4n) is 3.03. The van der Waals surface area contributed by atoms with Crippen LogP contribution in [0, 0.1) is 11.3 Å². The van der Waals surface area contributed by atoms with Crippen LogP contribution in [0.1, 0.15) is 42.3 Å². The van der Waals surface area contributed by atoms with Crippen molar-refractivity contribution in [3.8, 4) is 6.07 Å². The molecule has 0 unspecified atom stereocenters. The Morgan fingerprint density at radius 1 is 1.24 bits per heavy atom. The number of thiazole rings is 1. The van der Waals surface area contributed by atoms with Crippen LogP contribution in [0.25, 0.3) is 0 Å². The summed E-state index contributed by atoms with van der Waals surface area (Å²) in [5.41, 5.74) is 6.55. The van der Waals surface area contributed by atoms with E-state index in [9.17, 15) is 5.26 Å². The highest BCUT2D eigenvalue weighted by atomic mass is 32.1. The lowest BCUT2D eigenvalue weighted by atomic mass is 10.0. The Kier molecular flexibility index (Phi) is 5.67. The second kappa shape index (κ2) is 8.13. The average Bonchev–Trinajstić information content (AvgIpc) is 3.08. The average molecular weight is 353 g/mol. The first-order valence-electron chi connectivity index (χ1n) is 8.83. The molecule has 1 aromatic carbocycles. The van der Waals surface area contributed by atoms with E-state index < -0.39 is 0 Å². The Morgan fingerprint density at radius 3 is 2.60 bits per heavy atom. The summed E-state index contributed by atoms with van der Waals surface area (Å²) in [6, 6.07) is 10.3. The molecular weight excluding hydrogens is 330 g/mol. The molecule has 0 radical (unpaired) electrons. The summed E-state index contributed by atoms with van der Waals surface area (Å²) in [6.45, 7) is 6.25. The first-order valence-corrected chi connectivity index (χ1v) is 9.64. The zero-order valence-corrected chi connectivity index (χ0v) is 15.6. The van der Waals surface area contributed by atoms with Crippen LogP contribution in [0.5, 0.6) is 0 Å². The molecule has 2 aromatic rings. The number of nitriles is 1. The Hall–Kier alpha value is -2.39. The van der Waals surface area contributed by atoms with Gasteiger partial charge < -0.3 is 4.90 Å². The highest BCUT2D eigenvalue weighted by Crippen LogP contribution is 2.27. The number of rotatable bonds is 6. The van der Waals surface area contributed by atoms with Gasteiger partial charge >= 0.3 is 0 Å². The van der Waals surface area contributed by atoms with Gasteiger partial charge in [0, 0.05) is 23.7 Å². The Balaban J connectivity index is 1.73. The van der Waals surface area contributed by atoms with Crippen molar-refractivity contribution in [3.05, 3.63) is 39.8 Å².